The first kappa shape index (κ1) is 11.7. The summed E-state index contributed by atoms with van der Waals surface area (Å²) in [6.45, 7) is 4.06. The van der Waals surface area contributed by atoms with Gasteiger partial charge in [0.25, 0.3) is 0 Å². The van der Waals surface area contributed by atoms with Crippen molar-refractivity contribution >= 4 is 0 Å². The van der Waals surface area contributed by atoms with Crippen LogP contribution in [0.25, 0.3) is 0 Å². The van der Waals surface area contributed by atoms with E-state index in [0.717, 1.165) is 44.1 Å². The molecule has 1 aromatic heterocycles. The molecule has 18 heavy (non-hydrogen) atoms. The molecule has 96 valence electrons. The zero-order valence-electron chi connectivity index (χ0n) is 10.8. The lowest BCUT2D eigenvalue weighted by Gasteiger charge is -2.31. The highest BCUT2D eigenvalue weighted by Gasteiger charge is 2.27. The second-order valence-electron chi connectivity index (χ2n) is 5.25. The molecular formula is C13H19N5. The van der Waals surface area contributed by atoms with Crippen LogP contribution < -0.4 is 5.32 Å². The Hall–Kier alpha value is -1.38. The fourth-order valence-electron chi connectivity index (χ4n) is 3.00. The van der Waals surface area contributed by atoms with Gasteiger partial charge in [0.1, 0.15) is 11.9 Å². The summed E-state index contributed by atoms with van der Waals surface area (Å²) in [6, 6.07) is 2.52. The average molecular weight is 245 g/mol. The molecule has 1 saturated heterocycles. The van der Waals surface area contributed by atoms with Crippen molar-refractivity contribution in [3.63, 3.8) is 0 Å². The number of hydrogen-bond donors (Lipinski definition) is 1. The number of nitrogens with one attached hydrogen (secondary N) is 1. The Morgan fingerprint density at radius 3 is 3.06 bits per heavy atom. The first-order valence-electron chi connectivity index (χ1n) is 6.71. The second kappa shape index (κ2) is 4.71. The number of rotatable bonds is 1. The minimum Gasteiger partial charge on any atom is -0.329 e. The highest BCUT2D eigenvalue weighted by atomic mass is 15.2. The second-order valence-corrected chi connectivity index (χ2v) is 5.25. The Balaban J connectivity index is 1.96. The van der Waals surface area contributed by atoms with Gasteiger partial charge in [-0.25, -0.2) is 4.98 Å². The molecule has 5 nitrogen and oxygen atoms in total. The zero-order chi connectivity index (χ0) is 12.5. The molecule has 1 unspecified atom stereocenters. The average Bonchev–Trinajstić information content (AvgIpc) is 2.77. The Kier molecular flexibility index (Phi) is 3.06. The summed E-state index contributed by atoms with van der Waals surface area (Å²) in [5.41, 5.74) is 1.79. The highest BCUT2D eigenvalue weighted by molar-refractivity contribution is 5.31. The number of nitrogens with zero attached hydrogens (tertiary/aromatic N) is 4. The predicted octanol–water partition coefficient (Wildman–Crippen LogP) is 0.667. The molecule has 2 aliphatic heterocycles. The van der Waals surface area contributed by atoms with Crippen molar-refractivity contribution in [2.24, 2.45) is 0 Å². The van der Waals surface area contributed by atoms with Gasteiger partial charge < -0.3 is 14.8 Å². The number of aromatic nitrogens is 2. The van der Waals surface area contributed by atoms with Crippen LogP contribution in [0.15, 0.2) is 0 Å². The summed E-state index contributed by atoms with van der Waals surface area (Å²) < 4.78 is 2.28. The largest absolute Gasteiger partial charge is 0.329 e. The lowest BCUT2D eigenvalue weighted by Crippen LogP contribution is -2.44. The van der Waals surface area contributed by atoms with Crippen LogP contribution in [0.1, 0.15) is 36.1 Å². The summed E-state index contributed by atoms with van der Waals surface area (Å²) >= 11 is 0. The van der Waals surface area contributed by atoms with Gasteiger partial charge in [-0.3, -0.25) is 0 Å². The Morgan fingerprint density at radius 2 is 2.28 bits per heavy atom. The van der Waals surface area contributed by atoms with Gasteiger partial charge >= 0.3 is 0 Å². The van der Waals surface area contributed by atoms with E-state index in [1.165, 1.54) is 12.8 Å². The van der Waals surface area contributed by atoms with Gasteiger partial charge in [0, 0.05) is 26.2 Å². The summed E-state index contributed by atoms with van der Waals surface area (Å²) in [6.07, 6.45) is 3.38. The van der Waals surface area contributed by atoms with Crippen molar-refractivity contribution in [2.45, 2.75) is 31.8 Å². The molecule has 2 aliphatic rings. The van der Waals surface area contributed by atoms with Crippen molar-refractivity contribution in [2.75, 3.05) is 26.7 Å². The molecule has 1 atom stereocenters. The predicted molar refractivity (Wildman–Crippen MR) is 68.1 cm³/mol. The Labute approximate surface area is 107 Å². The minimum absolute atomic E-state index is 0.266. The van der Waals surface area contributed by atoms with Gasteiger partial charge in [-0.15, -0.1) is 0 Å². The third-order valence-electron chi connectivity index (χ3n) is 3.94. The molecule has 1 aromatic rings. The van der Waals surface area contributed by atoms with Crippen molar-refractivity contribution in [3.8, 4) is 6.07 Å². The van der Waals surface area contributed by atoms with E-state index < -0.39 is 0 Å². The number of piperazine rings is 1. The molecule has 3 rings (SSSR count). The topological polar surface area (TPSA) is 56.9 Å². The van der Waals surface area contributed by atoms with E-state index in [0.29, 0.717) is 5.69 Å². The molecule has 0 radical (unpaired) electrons. The Bertz CT molecular complexity index is 484. The van der Waals surface area contributed by atoms with Crippen LogP contribution in [-0.2, 0) is 13.0 Å². The van der Waals surface area contributed by atoms with Crippen LogP contribution in [0.5, 0.6) is 0 Å². The molecule has 0 amide bonds. The normalized spacial score (nSPS) is 24.6. The van der Waals surface area contributed by atoms with Crippen LogP contribution in [0.4, 0.5) is 0 Å². The van der Waals surface area contributed by atoms with Crippen molar-refractivity contribution in [1.82, 2.24) is 19.8 Å². The standard InChI is InChI=1S/C13H19N5/c1-17-7-5-15-11(9-17)13-16-10(8-14)12-4-2-3-6-18(12)13/h11,15H,2-7,9H2,1H3. The fraction of sp³-hybridized carbons (Fsp3) is 0.692. The maximum atomic E-state index is 9.20. The summed E-state index contributed by atoms with van der Waals surface area (Å²) in [7, 11) is 2.14. The summed E-state index contributed by atoms with van der Waals surface area (Å²) in [5.74, 6) is 1.06. The van der Waals surface area contributed by atoms with E-state index in [1.807, 2.05) is 0 Å². The van der Waals surface area contributed by atoms with E-state index in [2.05, 4.69) is 32.9 Å². The zero-order valence-corrected chi connectivity index (χ0v) is 10.8. The third-order valence-corrected chi connectivity index (χ3v) is 3.94. The van der Waals surface area contributed by atoms with Gasteiger partial charge in [-0.2, -0.15) is 5.26 Å². The van der Waals surface area contributed by atoms with E-state index >= 15 is 0 Å². The van der Waals surface area contributed by atoms with Crippen molar-refractivity contribution in [3.05, 3.63) is 17.2 Å². The van der Waals surface area contributed by atoms with Crippen molar-refractivity contribution in [1.29, 1.82) is 5.26 Å². The molecule has 5 heteroatoms. The molecule has 1 fully saturated rings. The van der Waals surface area contributed by atoms with Crippen LogP contribution in [-0.4, -0.2) is 41.1 Å². The molecule has 0 bridgehead atoms. The van der Waals surface area contributed by atoms with Crippen LogP contribution >= 0.6 is 0 Å². The number of fused-ring (bicyclic) bond motifs is 1. The molecule has 0 saturated carbocycles. The first-order valence-corrected chi connectivity index (χ1v) is 6.71. The van der Waals surface area contributed by atoms with Crippen LogP contribution in [0.2, 0.25) is 0 Å². The number of imidazole rings is 1. The fourth-order valence-corrected chi connectivity index (χ4v) is 3.00. The molecule has 1 N–H and O–H groups in total. The minimum atomic E-state index is 0.266. The number of nitriles is 1. The molecule has 0 aliphatic carbocycles. The quantitative estimate of drug-likeness (QED) is 0.790. The SMILES string of the molecule is CN1CCNC(c2nc(C#N)c3n2CCCC3)C1. The Morgan fingerprint density at radius 1 is 1.39 bits per heavy atom. The van der Waals surface area contributed by atoms with E-state index in [1.54, 1.807) is 0 Å². The van der Waals surface area contributed by atoms with Gasteiger partial charge in [0.05, 0.1) is 11.7 Å². The lowest BCUT2D eigenvalue weighted by atomic mass is 10.1. The van der Waals surface area contributed by atoms with Gasteiger partial charge in [-0.1, -0.05) is 0 Å². The van der Waals surface area contributed by atoms with Gasteiger partial charge in [0.2, 0.25) is 0 Å². The smallest absolute Gasteiger partial charge is 0.162 e. The summed E-state index contributed by atoms with van der Waals surface area (Å²) in [5, 5.41) is 12.7. The van der Waals surface area contributed by atoms with Crippen LogP contribution in [0.3, 0.4) is 0 Å². The summed E-state index contributed by atoms with van der Waals surface area (Å²) in [4.78, 5) is 6.90. The monoisotopic (exact) mass is 245 g/mol. The molecule has 3 heterocycles. The van der Waals surface area contributed by atoms with Crippen LogP contribution in [0, 0.1) is 11.3 Å². The van der Waals surface area contributed by atoms with E-state index in [9.17, 15) is 5.26 Å². The number of likely N-dealkylation sites (N-methyl/N-ethyl adjacent to an activating group) is 1. The maximum Gasteiger partial charge on any atom is 0.162 e. The third kappa shape index (κ3) is 1.92. The van der Waals surface area contributed by atoms with Crippen molar-refractivity contribution < 1.29 is 0 Å². The molecule has 0 aromatic carbocycles. The van der Waals surface area contributed by atoms with E-state index in [4.69, 9.17) is 0 Å². The lowest BCUT2D eigenvalue weighted by molar-refractivity contribution is 0.231. The van der Waals surface area contributed by atoms with E-state index in [-0.39, 0.29) is 6.04 Å². The maximum absolute atomic E-state index is 9.20. The van der Waals surface area contributed by atoms with Gasteiger partial charge in [0.15, 0.2) is 5.69 Å². The van der Waals surface area contributed by atoms with Gasteiger partial charge in [-0.05, 0) is 26.3 Å². The highest BCUT2D eigenvalue weighted by Crippen LogP contribution is 2.25. The first-order chi connectivity index (χ1) is 8.79. The number of hydrogen-bond acceptors (Lipinski definition) is 4. The molecular weight excluding hydrogens is 226 g/mol. The molecule has 0 spiro atoms.